The summed E-state index contributed by atoms with van der Waals surface area (Å²) in [5, 5.41) is 6.14. The number of methoxy groups -OCH3 is 2. The molecule has 1 aromatic carbocycles. The van der Waals surface area contributed by atoms with Gasteiger partial charge in [0.2, 0.25) is 0 Å². The van der Waals surface area contributed by atoms with Crippen molar-refractivity contribution in [2.45, 2.75) is 19.8 Å². The second-order valence-electron chi connectivity index (χ2n) is 5.55. The van der Waals surface area contributed by atoms with Gasteiger partial charge in [-0.25, -0.2) is 0 Å². The van der Waals surface area contributed by atoms with Gasteiger partial charge in [-0.1, -0.05) is 13.0 Å². The van der Waals surface area contributed by atoms with Crippen molar-refractivity contribution in [1.29, 1.82) is 0 Å². The van der Waals surface area contributed by atoms with E-state index in [1.54, 1.807) is 26.5 Å². The topological polar surface area (TPSA) is 72.5 Å². The van der Waals surface area contributed by atoms with Crippen LogP contribution in [-0.4, -0.2) is 38.2 Å². The first-order valence-corrected chi connectivity index (χ1v) is 8.37. The van der Waals surface area contributed by atoms with Gasteiger partial charge in [0.25, 0.3) is 5.91 Å². The Morgan fingerprint density at radius 2 is 1.88 bits per heavy atom. The normalized spacial score (nSPS) is 10.2. The van der Waals surface area contributed by atoms with E-state index in [0.29, 0.717) is 30.2 Å². The summed E-state index contributed by atoms with van der Waals surface area (Å²) in [6.07, 6.45) is 3.36. The molecule has 6 heteroatoms. The zero-order valence-electron chi connectivity index (χ0n) is 15.0. The van der Waals surface area contributed by atoms with E-state index in [2.05, 4.69) is 22.5 Å². The number of hydrogen-bond acceptors (Lipinski definition) is 5. The quantitative estimate of drug-likeness (QED) is 0.732. The number of carbonyl (C=O) groups is 1. The van der Waals surface area contributed by atoms with Crippen LogP contribution in [0.1, 0.15) is 29.4 Å². The van der Waals surface area contributed by atoms with Crippen molar-refractivity contribution in [2.24, 2.45) is 0 Å². The zero-order chi connectivity index (χ0) is 18.1. The highest BCUT2D eigenvalue weighted by Gasteiger charge is 2.08. The minimum Gasteiger partial charge on any atom is -0.493 e. The van der Waals surface area contributed by atoms with Gasteiger partial charge in [-0.15, -0.1) is 0 Å². The van der Waals surface area contributed by atoms with E-state index in [1.165, 1.54) is 0 Å². The summed E-state index contributed by atoms with van der Waals surface area (Å²) in [5.74, 6) is 1.19. The first kappa shape index (κ1) is 18.6. The molecule has 0 saturated heterocycles. The van der Waals surface area contributed by atoms with Gasteiger partial charge < -0.3 is 20.1 Å². The molecule has 0 atom stereocenters. The molecule has 0 aliphatic heterocycles. The van der Waals surface area contributed by atoms with Crippen LogP contribution in [0.25, 0.3) is 0 Å². The van der Waals surface area contributed by atoms with Gasteiger partial charge in [-0.3, -0.25) is 9.78 Å². The van der Waals surface area contributed by atoms with Crippen LogP contribution in [-0.2, 0) is 6.42 Å². The molecule has 0 fully saturated rings. The Balaban J connectivity index is 1.90. The lowest BCUT2D eigenvalue weighted by Crippen LogP contribution is -2.26. The van der Waals surface area contributed by atoms with Crippen molar-refractivity contribution in [2.75, 3.05) is 32.6 Å². The number of pyridine rings is 1. The Hall–Kier alpha value is -2.76. The number of nitrogens with one attached hydrogen (secondary N) is 2. The van der Waals surface area contributed by atoms with Gasteiger partial charge >= 0.3 is 0 Å². The molecule has 1 heterocycles. The Bertz CT molecular complexity index is 704. The van der Waals surface area contributed by atoms with Crippen LogP contribution in [0.4, 0.5) is 5.69 Å². The van der Waals surface area contributed by atoms with E-state index in [-0.39, 0.29) is 5.91 Å². The van der Waals surface area contributed by atoms with Crippen molar-refractivity contribution >= 4 is 11.6 Å². The number of ether oxygens (including phenoxy) is 2. The predicted molar refractivity (Wildman–Crippen MR) is 98.6 cm³/mol. The second-order valence-corrected chi connectivity index (χ2v) is 5.55. The Kier molecular flexibility index (Phi) is 7.07. The van der Waals surface area contributed by atoms with Gasteiger partial charge in [-0.05, 0) is 42.7 Å². The van der Waals surface area contributed by atoms with E-state index in [9.17, 15) is 4.79 Å². The number of aromatic nitrogens is 1. The molecule has 0 radical (unpaired) electrons. The molecule has 0 unspecified atom stereocenters. The molecule has 0 saturated carbocycles. The van der Waals surface area contributed by atoms with Crippen molar-refractivity contribution in [3.63, 3.8) is 0 Å². The van der Waals surface area contributed by atoms with Crippen LogP contribution in [0.5, 0.6) is 11.5 Å². The van der Waals surface area contributed by atoms with Crippen LogP contribution < -0.4 is 20.1 Å². The summed E-state index contributed by atoms with van der Waals surface area (Å²) >= 11 is 0. The largest absolute Gasteiger partial charge is 0.493 e. The minimum absolute atomic E-state index is 0.180. The van der Waals surface area contributed by atoms with Gasteiger partial charge in [0, 0.05) is 25.0 Å². The van der Waals surface area contributed by atoms with Gasteiger partial charge in [0.05, 0.1) is 14.2 Å². The SMILES string of the molecule is CCCNc1ccnc(C(=O)NCCc2ccc(OC)c(OC)c2)c1. The summed E-state index contributed by atoms with van der Waals surface area (Å²) < 4.78 is 10.5. The molecule has 25 heavy (non-hydrogen) atoms. The lowest BCUT2D eigenvalue weighted by Gasteiger charge is -2.10. The predicted octanol–water partition coefficient (Wildman–Crippen LogP) is 2.89. The van der Waals surface area contributed by atoms with Crippen LogP contribution in [0, 0.1) is 0 Å². The fourth-order valence-electron chi connectivity index (χ4n) is 2.38. The number of carbonyl (C=O) groups excluding carboxylic acids is 1. The number of rotatable bonds is 9. The summed E-state index contributed by atoms with van der Waals surface area (Å²) in [7, 11) is 3.21. The average Bonchev–Trinajstić information content (AvgIpc) is 2.66. The number of anilines is 1. The highest BCUT2D eigenvalue weighted by molar-refractivity contribution is 5.93. The van der Waals surface area contributed by atoms with Crippen molar-refractivity contribution in [3.8, 4) is 11.5 Å². The molecule has 2 rings (SSSR count). The third-order valence-corrected chi connectivity index (χ3v) is 3.72. The maximum atomic E-state index is 12.2. The highest BCUT2D eigenvalue weighted by Crippen LogP contribution is 2.27. The molecule has 6 nitrogen and oxygen atoms in total. The molecule has 1 amide bonds. The number of amides is 1. The molecule has 0 aliphatic carbocycles. The van der Waals surface area contributed by atoms with Crippen LogP contribution in [0.15, 0.2) is 36.5 Å². The fraction of sp³-hybridized carbons (Fsp3) is 0.368. The number of hydrogen-bond donors (Lipinski definition) is 2. The van der Waals surface area contributed by atoms with E-state index in [0.717, 1.165) is 24.2 Å². The average molecular weight is 343 g/mol. The lowest BCUT2D eigenvalue weighted by molar-refractivity contribution is 0.0949. The van der Waals surface area contributed by atoms with Crippen molar-refractivity contribution < 1.29 is 14.3 Å². The highest BCUT2D eigenvalue weighted by atomic mass is 16.5. The number of nitrogens with zero attached hydrogens (tertiary/aromatic N) is 1. The Morgan fingerprint density at radius 3 is 2.60 bits per heavy atom. The molecule has 2 aromatic rings. The smallest absolute Gasteiger partial charge is 0.269 e. The molecule has 134 valence electrons. The van der Waals surface area contributed by atoms with E-state index < -0.39 is 0 Å². The Labute approximate surface area is 148 Å². The van der Waals surface area contributed by atoms with E-state index in [4.69, 9.17) is 9.47 Å². The summed E-state index contributed by atoms with van der Waals surface area (Å²) in [5.41, 5.74) is 2.37. The zero-order valence-corrected chi connectivity index (χ0v) is 15.0. The third kappa shape index (κ3) is 5.38. The van der Waals surface area contributed by atoms with E-state index >= 15 is 0 Å². The standard InChI is InChI=1S/C19H25N3O3/c1-4-9-20-15-8-11-21-16(13-15)19(23)22-10-7-14-5-6-17(24-2)18(12-14)25-3/h5-6,8,11-13H,4,7,9-10H2,1-3H3,(H,20,21)(H,22,23). The van der Waals surface area contributed by atoms with Gasteiger partial charge in [0.1, 0.15) is 5.69 Å². The van der Waals surface area contributed by atoms with Gasteiger partial charge in [0.15, 0.2) is 11.5 Å². The third-order valence-electron chi connectivity index (χ3n) is 3.72. The second kappa shape index (κ2) is 9.52. The Morgan fingerprint density at radius 1 is 1.08 bits per heavy atom. The molecular formula is C19H25N3O3. The van der Waals surface area contributed by atoms with Crippen LogP contribution in [0.2, 0.25) is 0 Å². The molecule has 2 N–H and O–H groups in total. The summed E-state index contributed by atoms with van der Waals surface area (Å²) in [6.45, 7) is 3.48. The van der Waals surface area contributed by atoms with Crippen LogP contribution in [0.3, 0.4) is 0 Å². The minimum atomic E-state index is -0.180. The molecule has 0 bridgehead atoms. The van der Waals surface area contributed by atoms with Crippen molar-refractivity contribution in [1.82, 2.24) is 10.3 Å². The first-order chi connectivity index (χ1) is 12.2. The summed E-state index contributed by atoms with van der Waals surface area (Å²) in [6, 6.07) is 9.36. The molecular weight excluding hydrogens is 318 g/mol. The van der Waals surface area contributed by atoms with Gasteiger partial charge in [-0.2, -0.15) is 0 Å². The number of benzene rings is 1. The first-order valence-electron chi connectivity index (χ1n) is 8.37. The maximum Gasteiger partial charge on any atom is 0.269 e. The fourth-order valence-corrected chi connectivity index (χ4v) is 2.38. The monoisotopic (exact) mass is 343 g/mol. The molecule has 0 aliphatic rings. The van der Waals surface area contributed by atoms with Crippen LogP contribution >= 0.6 is 0 Å². The molecule has 1 aromatic heterocycles. The van der Waals surface area contributed by atoms with Crippen molar-refractivity contribution in [3.05, 3.63) is 47.8 Å². The van der Waals surface area contributed by atoms with E-state index in [1.807, 2.05) is 24.3 Å². The lowest BCUT2D eigenvalue weighted by atomic mass is 10.1. The molecule has 0 spiro atoms. The summed E-state index contributed by atoms with van der Waals surface area (Å²) in [4.78, 5) is 16.4. The maximum absolute atomic E-state index is 12.2.